The summed E-state index contributed by atoms with van der Waals surface area (Å²) in [5, 5.41) is 0.613. The van der Waals surface area contributed by atoms with Crippen LogP contribution >= 0.6 is 11.8 Å². The number of amidine groups is 1. The van der Waals surface area contributed by atoms with Crippen molar-refractivity contribution in [3.05, 3.63) is 71.8 Å². The maximum absolute atomic E-state index is 12.4. The van der Waals surface area contributed by atoms with E-state index in [2.05, 4.69) is 4.90 Å². The van der Waals surface area contributed by atoms with Gasteiger partial charge < -0.3 is 4.90 Å². The number of nitrogens with zero attached hydrogens (tertiary/aromatic N) is 2. The molecule has 2 atom stereocenters. The van der Waals surface area contributed by atoms with E-state index in [0.717, 1.165) is 41.9 Å². The second-order valence-electron chi connectivity index (χ2n) is 6.78. The summed E-state index contributed by atoms with van der Waals surface area (Å²) < 4.78 is 30.8. The fourth-order valence-electron chi connectivity index (χ4n) is 3.75. The summed E-state index contributed by atoms with van der Waals surface area (Å²) in [5.74, 6) is 0. The highest BCUT2D eigenvalue weighted by Gasteiger charge is 2.57. The quantitative estimate of drug-likeness (QED) is 0.729. The Bertz CT molecular complexity index is 932. The van der Waals surface area contributed by atoms with Crippen LogP contribution in [0.25, 0.3) is 0 Å². The molecular formula is C20H22N2O3S2. The van der Waals surface area contributed by atoms with E-state index in [0.29, 0.717) is 6.54 Å². The topological polar surface area (TPSA) is 59.0 Å². The van der Waals surface area contributed by atoms with Crippen LogP contribution in [0.4, 0.5) is 0 Å². The van der Waals surface area contributed by atoms with Crippen LogP contribution in [0.1, 0.15) is 29.2 Å². The fourth-order valence-corrected chi connectivity index (χ4v) is 6.05. The molecule has 1 fully saturated rings. The van der Waals surface area contributed by atoms with Gasteiger partial charge in [0.25, 0.3) is 10.1 Å². The number of aliphatic imine (C=N–C) groups is 1. The lowest BCUT2D eigenvalue weighted by molar-refractivity contribution is -0.0391. The van der Waals surface area contributed by atoms with Crippen molar-refractivity contribution >= 4 is 27.0 Å². The third-order valence-corrected chi connectivity index (χ3v) is 6.76. The average Bonchev–Trinajstić information content (AvgIpc) is 2.81. The summed E-state index contributed by atoms with van der Waals surface area (Å²) in [4.78, 5) is 6.80. The number of hydrogen-bond acceptors (Lipinski definition) is 6. The van der Waals surface area contributed by atoms with Crippen LogP contribution < -0.4 is 0 Å². The number of benzene rings is 2. The lowest BCUT2D eigenvalue weighted by Gasteiger charge is -2.41. The third kappa shape index (κ3) is 3.51. The highest BCUT2D eigenvalue weighted by atomic mass is 32.2. The Hall–Kier alpha value is -1.83. The van der Waals surface area contributed by atoms with E-state index in [4.69, 9.17) is 9.18 Å². The van der Waals surface area contributed by atoms with Gasteiger partial charge in [-0.1, -0.05) is 72.4 Å². The molecule has 5 nitrogen and oxygen atoms in total. The molecule has 2 aliphatic rings. The maximum atomic E-state index is 12.4. The SMILES string of the molecule is CS(=O)(=O)OC1(c2ccccc2)C(c2ccccc2)SC2=NCCCCN21. The van der Waals surface area contributed by atoms with Gasteiger partial charge in [0.1, 0.15) is 0 Å². The minimum absolute atomic E-state index is 0.243. The van der Waals surface area contributed by atoms with Crippen LogP contribution in [0.2, 0.25) is 0 Å². The molecule has 27 heavy (non-hydrogen) atoms. The predicted octanol–water partition coefficient (Wildman–Crippen LogP) is 3.76. The fraction of sp³-hybridized carbons (Fsp3) is 0.350. The van der Waals surface area contributed by atoms with Crippen molar-refractivity contribution < 1.29 is 12.6 Å². The summed E-state index contributed by atoms with van der Waals surface area (Å²) in [6.45, 7) is 1.46. The van der Waals surface area contributed by atoms with Gasteiger partial charge in [-0.2, -0.15) is 8.42 Å². The minimum Gasteiger partial charge on any atom is -0.317 e. The Morgan fingerprint density at radius 1 is 1.07 bits per heavy atom. The summed E-state index contributed by atoms with van der Waals surface area (Å²) in [6, 6.07) is 19.6. The minimum atomic E-state index is -3.73. The molecule has 2 aromatic rings. The second-order valence-corrected chi connectivity index (χ2v) is 9.43. The van der Waals surface area contributed by atoms with Crippen LogP contribution in [0.15, 0.2) is 65.7 Å². The molecule has 2 unspecified atom stereocenters. The first kappa shape index (κ1) is 18.5. The maximum Gasteiger partial charge on any atom is 0.267 e. The van der Waals surface area contributed by atoms with Gasteiger partial charge >= 0.3 is 0 Å². The highest BCUT2D eigenvalue weighted by Crippen LogP contribution is 2.57. The lowest BCUT2D eigenvalue weighted by Crippen LogP contribution is -2.49. The van der Waals surface area contributed by atoms with Gasteiger partial charge in [-0.25, -0.2) is 4.18 Å². The first-order valence-corrected chi connectivity index (χ1v) is 11.7. The number of rotatable bonds is 4. The van der Waals surface area contributed by atoms with Crippen molar-refractivity contribution in [2.45, 2.75) is 23.8 Å². The van der Waals surface area contributed by atoms with Crippen molar-refractivity contribution in [1.82, 2.24) is 4.90 Å². The lowest BCUT2D eigenvalue weighted by atomic mass is 9.92. The standard InChI is InChI=1S/C20H22N2O3S2/c1-27(23,24)25-20(17-12-6-3-7-13-17)18(16-10-4-2-5-11-16)26-19-21-14-8-9-15-22(19)20/h2-7,10-13,18H,8-9,14-15H2,1H3. The molecule has 0 bridgehead atoms. The monoisotopic (exact) mass is 402 g/mol. The van der Waals surface area contributed by atoms with E-state index >= 15 is 0 Å². The molecule has 2 aliphatic heterocycles. The predicted molar refractivity (Wildman–Crippen MR) is 109 cm³/mol. The van der Waals surface area contributed by atoms with E-state index < -0.39 is 15.8 Å². The summed E-state index contributed by atoms with van der Waals surface area (Å²) in [7, 11) is -3.73. The van der Waals surface area contributed by atoms with E-state index in [-0.39, 0.29) is 5.25 Å². The van der Waals surface area contributed by atoms with Gasteiger partial charge in [0.15, 0.2) is 5.17 Å². The molecule has 0 amide bonds. The van der Waals surface area contributed by atoms with Crippen molar-refractivity contribution in [3.8, 4) is 0 Å². The molecule has 0 spiro atoms. The van der Waals surface area contributed by atoms with Gasteiger partial charge in [-0.3, -0.25) is 4.99 Å². The molecule has 0 aromatic heterocycles. The van der Waals surface area contributed by atoms with E-state index in [1.807, 2.05) is 60.7 Å². The van der Waals surface area contributed by atoms with E-state index in [9.17, 15) is 8.42 Å². The van der Waals surface area contributed by atoms with Crippen LogP contribution in [0.3, 0.4) is 0 Å². The number of fused-ring (bicyclic) bond motifs is 1. The van der Waals surface area contributed by atoms with Crippen molar-refractivity contribution in [3.63, 3.8) is 0 Å². The van der Waals surface area contributed by atoms with Crippen LogP contribution in [-0.2, 0) is 20.0 Å². The molecule has 7 heteroatoms. The van der Waals surface area contributed by atoms with Crippen molar-refractivity contribution in [2.75, 3.05) is 19.3 Å². The van der Waals surface area contributed by atoms with Gasteiger partial charge in [-0.15, -0.1) is 0 Å². The largest absolute Gasteiger partial charge is 0.317 e. The molecular weight excluding hydrogens is 380 g/mol. The van der Waals surface area contributed by atoms with Crippen LogP contribution in [-0.4, -0.2) is 37.8 Å². The zero-order chi connectivity index (χ0) is 18.9. The van der Waals surface area contributed by atoms with Gasteiger partial charge in [0.2, 0.25) is 5.72 Å². The second kappa shape index (κ2) is 7.30. The number of hydrogen-bond donors (Lipinski definition) is 0. The molecule has 4 rings (SSSR count). The molecule has 0 aliphatic carbocycles. The van der Waals surface area contributed by atoms with Crippen molar-refractivity contribution in [2.24, 2.45) is 4.99 Å². The smallest absolute Gasteiger partial charge is 0.267 e. The normalized spacial score (nSPS) is 25.6. The zero-order valence-corrected chi connectivity index (χ0v) is 16.7. The molecule has 142 valence electrons. The first-order valence-electron chi connectivity index (χ1n) is 9.00. The number of thioether (sulfide) groups is 1. The Kier molecular flexibility index (Phi) is 5.01. The Morgan fingerprint density at radius 2 is 1.74 bits per heavy atom. The van der Waals surface area contributed by atoms with Gasteiger partial charge in [-0.05, 0) is 18.4 Å². The first-order chi connectivity index (χ1) is 13.0. The van der Waals surface area contributed by atoms with Crippen molar-refractivity contribution in [1.29, 1.82) is 0 Å². The van der Waals surface area contributed by atoms with E-state index in [1.165, 1.54) is 0 Å². The Labute approximate surface area is 164 Å². The molecule has 0 N–H and O–H groups in total. The molecule has 2 heterocycles. The van der Waals surface area contributed by atoms with Gasteiger partial charge in [0.05, 0.1) is 11.5 Å². The Morgan fingerprint density at radius 3 is 2.41 bits per heavy atom. The molecule has 2 aromatic carbocycles. The highest BCUT2D eigenvalue weighted by molar-refractivity contribution is 8.14. The third-order valence-electron chi connectivity index (χ3n) is 4.82. The summed E-state index contributed by atoms with van der Waals surface area (Å²) >= 11 is 1.59. The average molecular weight is 403 g/mol. The van der Waals surface area contributed by atoms with Gasteiger partial charge in [0, 0.05) is 18.7 Å². The summed E-state index contributed by atoms with van der Waals surface area (Å²) in [6.07, 6.45) is 3.05. The molecule has 0 radical (unpaired) electrons. The van der Waals surface area contributed by atoms with Crippen LogP contribution in [0, 0.1) is 0 Å². The molecule has 0 saturated carbocycles. The van der Waals surface area contributed by atoms with Crippen LogP contribution in [0.5, 0.6) is 0 Å². The summed E-state index contributed by atoms with van der Waals surface area (Å²) in [5.41, 5.74) is 0.693. The van der Waals surface area contributed by atoms with E-state index in [1.54, 1.807) is 11.8 Å². The molecule has 1 saturated heterocycles. The zero-order valence-electron chi connectivity index (χ0n) is 15.1. The Balaban J connectivity index is 1.97.